The highest BCUT2D eigenvalue weighted by atomic mass is 28.3. The van der Waals surface area contributed by atoms with Crippen LogP contribution in [-0.4, -0.2) is 14.6 Å². The van der Waals surface area contributed by atoms with Gasteiger partial charge in [-0.2, -0.15) is 0 Å². The van der Waals surface area contributed by atoms with E-state index < -0.39 is 8.07 Å². The number of hydrogen-bond acceptors (Lipinski definition) is 1. The molecule has 15 heavy (non-hydrogen) atoms. The third kappa shape index (κ3) is 4.45. The van der Waals surface area contributed by atoms with E-state index in [1.54, 1.807) is 0 Å². The Labute approximate surface area is 94.2 Å². The summed E-state index contributed by atoms with van der Waals surface area (Å²) in [6, 6.07) is 10.5. The van der Waals surface area contributed by atoms with E-state index in [-0.39, 0.29) is 0 Å². The number of benzene rings is 1. The molecule has 0 saturated heterocycles. The highest BCUT2D eigenvalue weighted by molar-refractivity contribution is 6.83. The maximum absolute atomic E-state index is 4.16. The van der Waals surface area contributed by atoms with Crippen LogP contribution in [0.5, 0.6) is 0 Å². The Morgan fingerprint density at radius 2 is 1.80 bits per heavy atom. The van der Waals surface area contributed by atoms with Gasteiger partial charge in [-0.15, -0.1) is 6.58 Å². The second-order valence-electron chi connectivity index (χ2n) is 4.94. The summed E-state index contributed by atoms with van der Waals surface area (Å²) in [5.74, 6) is 0. The molecule has 0 aliphatic carbocycles. The standard InChI is InChI=1S/C13H21NSi/c1-12(15(2,3)4)10-14-11-13-8-6-5-7-9-13/h5-9,14H,1,10-11H2,2-4H3. The fourth-order valence-electron chi connectivity index (χ4n) is 1.22. The van der Waals surface area contributed by atoms with Crippen LogP contribution in [0.25, 0.3) is 0 Å². The van der Waals surface area contributed by atoms with Crippen molar-refractivity contribution in [3.8, 4) is 0 Å². The van der Waals surface area contributed by atoms with Gasteiger partial charge >= 0.3 is 0 Å². The van der Waals surface area contributed by atoms with Gasteiger partial charge in [-0.05, 0) is 5.56 Å². The molecule has 1 aromatic carbocycles. The number of hydrogen-bond donors (Lipinski definition) is 1. The molecule has 0 amide bonds. The summed E-state index contributed by atoms with van der Waals surface area (Å²) < 4.78 is 0. The first-order valence-electron chi connectivity index (χ1n) is 5.43. The van der Waals surface area contributed by atoms with Crippen LogP contribution >= 0.6 is 0 Å². The Morgan fingerprint density at radius 3 is 2.33 bits per heavy atom. The van der Waals surface area contributed by atoms with Gasteiger partial charge in [0.15, 0.2) is 0 Å². The quantitative estimate of drug-likeness (QED) is 0.750. The lowest BCUT2D eigenvalue weighted by atomic mass is 10.2. The molecule has 1 aromatic rings. The van der Waals surface area contributed by atoms with E-state index in [0.717, 1.165) is 13.1 Å². The molecule has 82 valence electrons. The van der Waals surface area contributed by atoms with E-state index in [0.29, 0.717) is 0 Å². The SMILES string of the molecule is C=C(CNCc1ccccc1)[Si](C)(C)C. The van der Waals surface area contributed by atoms with Crippen molar-refractivity contribution in [2.45, 2.75) is 26.2 Å². The third-order valence-corrected chi connectivity index (χ3v) is 4.87. The summed E-state index contributed by atoms with van der Waals surface area (Å²) in [6.45, 7) is 13.0. The monoisotopic (exact) mass is 219 g/mol. The van der Waals surface area contributed by atoms with E-state index in [2.05, 4.69) is 55.8 Å². The van der Waals surface area contributed by atoms with Crippen LogP contribution in [0.2, 0.25) is 19.6 Å². The van der Waals surface area contributed by atoms with Gasteiger partial charge in [0, 0.05) is 13.1 Å². The Morgan fingerprint density at radius 1 is 1.20 bits per heavy atom. The molecule has 1 nitrogen and oxygen atoms in total. The molecule has 0 aliphatic rings. The smallest absolute Gasteiger partial charge is 0.0733 e. The normalized spacial score (nSPS) is 11.4. The van der Waals surface area contributed by atoms with E-state index in [1.807, 2.05) is 6.07 Å². The highest BCUT2D eigenvalue weighted by Gasteiger charge is 2.16. The topological polar surface area (TPSA) is 12.0 Å². The maximum atomic E-state index is 4.16. The zero-order valence-electron chi connectivity index (χ0n) is 10.0. The van der Waals surface area contributed by atoms with Gasteiger partial charge < -0.3 is 5.32 Å². The lowest BCUT2D eigenvalue weighted by Gasteiger charge is -2.19. The van der Waals surface area contributed by atoms with Crippen molar-refractivity contribution in [3.05, 3.63) is 47.7 Å². The Balaban J connectivity index is 2.32. The molecule has 0 spiro atoms. The predicted octanol–water partition coefficient (Wildman–Crippen LogP) is 3.21. The molecular weight excluding hydrogens is 198 g/mol. The predicted molar refractivity (Wildman–Crippen MR) is 70.6 cm³/mol. The summed E-state index contributed by atoms with van der Waals surface area (Å²) >= 11 is 0. The van der Waals surface area contributed by atoms with Crippen molar-refractivity contribution in [1.82, 2.24) is 5.32 Å². The van der Waals surface area contributed by atoms with Gasteiger partial charge in [-0.3, -0.25) is 0 Å². The van der Waals surface area contributed by atoms with E-state index in [9.17, 15) is 0 Å². The molecule has 1 N–H and O–H groups in total. The zero-order valence-corrected chi connectivity index (χ0v) is 11.0. The summed E-state index contributed by atoms with van der Waals surface area (Å²) in [7, 11) is -1.16. The number of nitrogens with one attached hydrogen (secondary N) is 1. The summed E-state index contributed by atoms with van der Waals surface area (Å²) in [4.78, 5) is 0. The Hall–Kier alpha value is -0.863. The molecule has 0 bridgehead atoms. The van der Waals surface area contributed by atoms with Crippen LogP contribution < -0.4 is 5.32 Å². The van der Waals surface area contributed by atoms with Gasteiger partial charge in [0.1, 0.15) is 0 Å². The van der Waals surface area contributed by atoms with Crippen LogP contribution in [-0.2, 0) is 6.54 Å². The molecule has 0 saturated carbocycles. The Bertz CT molecular complexity index is 311. The molecule has 0 unspecified atom stereocenters. The largest absolute Gasteiger partial charge is 0.309 e. The van der Waals surface area contributed by atoms with Crippen molar-refractivity contribution >= 4 is 8.07 Å². The average Bonchev–Trinajstić information content (AvgIpc) is 2.18. The van der Waals surface area contributed by atoms with Crippen LogP contribution in [0.4, 0.5) is 0 Å². The molecule has 0 aliphatic heterocycles. The molecular formula is C13H21NSi. The first-order valence-corrected chi connectivity index (χ1v) is 8.93. The van der Waals surface area contributed by atoms with Gasteiger partial charge in [0.2, 0.25) is 0 Å². The van der Waals surface area contributed by atoms with E-state index in [4.69, 9.17) is 0 Å². The average molecular weight is 219 g/mol. The second kappa shape index (κ2) is 5.28. The summed E-state index contributed by atoms with van der Waals surface area (Å²) in [5, 5.41) is 4.83. The van der Waals surface area contributed by atoms with Crippen molar-refractivity contribution < 1.29 is 0 Å². The van der Waals surface area contributed by atoms with Crippen LogP contribution in [0.3, 0.4) is 0 Å². The van der Waals surface area contributed by atoms with Crippen molar-refractivity contribution in [3.63, 3.8) is 0 Å². The molecule has 0 fully saturated rings. The van der Waals surface area contributed by atoms with Gasteiger partial charge in [0.05, 0.1) is 8.07 Å². The molecule has 0 aromatic heterocycles. The van der Waals surface area contributed by atoms with Crippen molar-refractivity contribution in [2.24, 2.45) is 0 Å². The van der Waals surface area contributed by atoms with E-state index >= 15 is 0 Å². The Kier molecular flexibility index (Phi) is 4.30. The molecule has 2 heteroatoms. The minimum Gasteiger partial charge on any atom is -0.309 e. The van der Waals surface area contributed by atoms with Crippen LogP contribution in [0.1, 0.15) is 5.56 Å². The lowest BCUT2D eigenvalue weighted by molar-refractivity contribution is 0.752. The first-order chi connectivity index (χ1) is 7.00. The first kappa shape index (κ1) is 12.2. The molecule has 1 rings (SSSR count). The minimum absolute atomic E-state index is 0.935. The number of rotatable bonds is 5. The molecule has 0 heterocycles. The maximum Gasteiger partial charge on any atom is 0.0733 e. The van der Waals surface area contributed by atoms with Crippen LogP contribution in [0.15, 0.2) is 42.1 Å². The van der Waals surface area contributed by atoms with Gasteiger partial charge in [0.25, 0.3) is 0 Å². The summed E-state index contributed by atoms with van der Waals surface area (Å²) in [5.41, 5.74) is 1.33. The van der Waals surface area contributed by atoms with Gasteiger partial charge in [-0.1, -0.05) is 55.2 Å². The third-order valence-electron chi connectivity index (χ3n) is 2.57. The fraction of sp³-hybridized carbons (Fsp3) is 0.385. The van der Waals surface area contributed by atoms with Crippen LogP contribution in [0, 0.1) is 0 Å². The van der Waals surface area contributed by atoms with Crippen molar-refractivity contribution in [1.29, 1.82) is 0 Å². The second-order valence-corrected chi connectivity index (χ2v) is 10.1. The highest BCUT2D eigenvalue weighted by Crippen LogP contribution is 2.11. The minimum atomic E-state index is -1.16. The van der Waals surface area contributed by atoms with E-state index in [1.165, 1.54) is 10.8 Å². The molecule has 0 atom stereocenters. The lowest BCUT2D eigenvalue weighted by Crippen LogP contribution is -2.31. The zero-order chi connectivity index (χ0) is 11.3. The fourth-order valence-corrected chi connectivity index (χ4v) is 1.87. The molecule has 0 radical (unpaired) electrons. The van der Waals surface area contributed by atoms with Gasteiger partial charge in [-0.25, -0.2) is 0 Å². The van der Waals surface area contributed by atoms with Crippen molar-refractivity contribution in [2.75, 3.05) is 6.54 Å². The summed E-state index contributed by atoms with van der Waals surface area (Å²) in [6.07, 6.45) is 0.